The highest BCUT2D eigenvalue weighted by Gasteiger charge is 2.39. The largest absolute Gasteiger partial charge is 0.419 e. The SMILES string of the molecule is N#CCCC(F)(F)C(=O)NC1CCC(CCN2CCN(c3cccc(C(F)(F)F)c3F)CC2)CC1. The van der Waals surface area contributed by atoms with E-state index >= 15 is 0 Å². The Labute approximate surface area is 201 Å². The van der Waals surface area contributed by atoms with Crippen LogP contribution in [0, 0.1) is 23.1 Å². The first-order valence-corrected chi connectivity index (χ1v) is 11.9. The van der Waals surface area contributed by atoms with Gasteiger partial charge in [0.05, 0.1) is 17.3 Å². The summed E-state index contributed by atoms with van der Waals surface area (Å²) in [5.41, 5.74) is -1.28. The van der Waals surface area contributed by atoms with Crippen LogP contribution in [-0.4, -0.2) is 55.5 Å². The van der Waals surface area contributed by atoms with E-state index in [4.69, 9.17) is 5.26 Å². The van der Waals surface area contributed by atoms with Crippen molar-refractivity contribution < 1.29 is 31.1 Å². The molecule has 11 heteroatoms. The highest BCUT2D eigenvalue weighted by Crippen LogP contribution is 2.35. The van der Waals surface area contributed by atoms with E-state index in [-0.39, 0.29) is 18.2 Å². The van der Waals surface area contributed by atoms with Crippen LogP contribution < -0.4 is 10.2 Å². The number of halogens is 6. The number of carbonyl (C=O) groups is 1. The molecule has 5 nitrogen and oxygen atoms in total. The maximum Gasteiger partial charge on any atom is 0.419 e. The van der Waals surface area contributed by atoms with Crippen molar-refractivity contribution >= 4 is 11.6 Å². The fourth-order valence-electron chi connectivity index (χ4n) is 4.77. The summed E-state index contributed by atoms with van der Waals surface area (Å²) < 4.78 is 80.9. The van der Waals surface area contributed by atoms with Crippen LogP contribution in [0.15, 0.2) is 18.2 Å². The maximum absolute atomic E-state index is 14.4. The average molecular weight is 505 g/mol. The molecule has 1 aromatic rings. The average Bonchev–Trinajstić information content (AvgIpc) is 2.82. The van der Waals surface area contributed by atoms with E-state index in [0.717, 1.165) is 31.9 Å². The first kappa shape index (κ1) is 27.1. The molecule has 3 rings (SSSR count). The Balaban J connectivity index is 1.39. The van der Waals surface area contributed by atoms with Crippen LogP contribution >= 0.6 is 0 Å². The number of nitriles is 1. The predicted molar refractivity (Wildman–Crippen MR) is 118 cm³/mol. The zero-order chi connectivity index (χ0) is 25.6. The van der Waals surface area contributed by atoms with E-state index in [9.17, 15) is 31.1 Å². The van der Waals surface area contributed by atoms with E-state index < -0.39 is 35.8 Å². The molecule has 1 N–H and O–H groups in total. The van der Waals surface area contributed by atoms with Gasteiger partial charge in [-0.05, 0) is 56.7 Å². The minimum atomic E-state index is -4.73. The lowest BCUT2D eigenvalue weighted by Gasteiger charge is -2.37. The van der Waals surface area contributed by atoms with E-state index in [1.165, 1.54) is 12.1 Å². The van der Waals surface area contributed by atoms with Gasteiger partial charge >= 0.3 is 12.1 Å². The summed E-state index contributed by atoms with van der Waals surface area (Å²) in [6.07, 6.45) is -2.14. The van der Waals surface area contributed by atoms with Crippen LogP contribution in [0.2, 0.25) is 0 Å². The lowest BCUT2D eigenvalue weighted by atomic mass is 9.84. The summed E-state index contributed by atoms with van der Waals surface area (Å²) in [7, 11) is 0. The van der Waals surface area contributed by atoms with Crippen molar-refractivity contribution in [3.8, 4) is 6.07 Å². The molecule has 1 aliphatic carbocycles. The Hall–Kier alpha value is -2.48. The van der Waals surface area contributed by atoms with Crippen molar-refractivity contribution in [1.29, 1.82) is 5.26 Å². The van der Waals surface area contributed by atoms with Crippen molar-refractivity contribution in [2.75, 3.05) is 37.6 Å². The zero-order valence-corrected chi connectivity index (χ0v) is 19.4. The molecule has 35 heavy (non-hydrogen) atoms. The van der Waals surface area contributed by atoms with E-state index in [1.54, 1.807) is 11.0 Å². The number of carbonyl (C=O) groups excluding carboxylic acids is 1. The highest BCUT2D eigenvalue weighted by molar-refractivity contribution is 5.83. The minimum absolute atomic E-state index is 0.0296. The van der Waals surface area contributed by atoms with E-state index in [1.807, 2.05) is 0 Å². The number of piperazine rings is 1. The maximum atomic E-state index is 14.4. The standard InChI is InChI=1S/C24H30F6N4O/c25-21-19(24(28,29)30)3-1-4-20(21)34-15-13-33(14-16-34)12-9-17-5-7-18(8-6-17)32-22(35)23(26,27)10-2-11-31/h1,3-4,17-18H,2,5-10,12-16H2,(H,32,35). The fourth-order valence-corrected chi connectivity index (χ4v) is 4.77. The van der Waals surface area contributed by atoms with Gasteiger partial charge in [-0.25, -0.2) is 4.39 Å². The molecule has 0 spiro atoms. The van der Waals surface area contributed by atoms with Gasteiger partial charge in [-0.15, -0.1) is 0 Å². The molecule has 0 bridgehead atoms. The highest BCUT2D eigenvalue weighted by atomic mass is 19.4. The summed E-state index contributed by atoms with van der Waals surface area (Å²) >= 11 is 0. The Bertz CT molecular complexity index is 900. The topological polar surface area (TPSA) is 59.4 Å². The van der Waals surface area contributed by atoms with Gasteiger partial charge in [0.25, 0.3) is 5.91 Å². The predicted octanol–water partition coefficient (Wildman–Crippen LogP) is 4.97. The number of hydrogen-bond donors (Lipinski definition) is 1. The molecule has 1 amide bonds. The summed E-state index contributed by atoms with van der Waals surface area (Å²) in [5.74, 6) is -5.68. The van der Waals surface area contributed by atoms with Gasteiger partial charge in [0, 0.05) is 45.1 Å². The second-order valence-electron chi connectivity index (χ2n) is 9.31. The lowest BCUT2D eigenvalue weighted by Crippen LogP contribution is -2.48. The molecular weight excluding hydrogens is 474 g/mol. The first-order valence-electron chi connectivity index (χ1n) is 11.9. The second-order valence-corrected chi connectivity index (χ2v) is 9.31. The van der Waals surface area contributed by atoms with Crippen LogP contribution in [0.5, 0.6) is 0 Å². The molecule has 1 heterocycles. The molecule has 2 aliphatic rings. The first-order chi connectivity index (χ1) is 16.5. The zero-order valence-electron chi connectivity index (χ0n) is 19.4. The van der Waals surface area contributed by atoms with Gasteiger partial charge in [-0.3, -0.25) is 9.69 Å². The third-order valence-corrected chi connectivity index (χ3v) is 6.92. The molecule has 194 valence electrons. The Morgan fingerprint density at radius 1 is 1.06 bits per heavy atom. The van der Waals surface area contributed by atoms with Crippen molar-refractivity contribution in [2.24, 2.45) is 5.92 Å². The van der Waals surface area contributed by atoms with Crippen LogP contribution in [-0.2, 0) is 11.0 Å². The molecule has 0 radical (unpaired) electrons. The molecular formula is C24H30F6N4O. The third kappa shape index (κ3) is 7.26. The Morgan fingerprint density at radius 3 is 2.31 bits per heavy atom. The van der Waals surface area contributed by atoms with Crippen LogP contribution in [0.3, 0.4) is 0 Å². The van der Waals surface area contributed by atoms with Crippen molar-refractivity contribution in [2.45, 2.75) is 63.1 Å². The van der Waals surface area contributed by atoms with E-state index in [0.29, 0.717) is 44.9 Å². The number of nitrogens with one attached hydrogen (secondary N) is 1. The normalized spacial score (nSPS) is 22.0. The summed E-state index contributed by atoms with van der Waals surface area (Å²) in [5, 5.41) is 10.9. The van der Waals surface area contributed by atoms with Crippen LogP contribution in [0.1, 0.15) is 50.5 Å². The quantitative estimate of drug-likeness (QED) is 0.508. The van der Waals surface area contributed by atoms with Crippen molar-refractivity contribution in [3.63, 3.8) is 0 Å². The molecule has 2 fully saturated rings. The second kappa shape index (κ2) is 11.5. The Morgan fingerprint density at radius 2 is 1.71 bits per heavy atom. The summed E-state index contributed by atoms with van der Waals surface area (Å²) in [4.78, 5) is 15.7. The number of benzene rings is 1. The van der Waals surface area contributed by atoms with Gasteiger partial charge in [-0.2, -0.15) is 27.2 Å². The molecule has 0 unspecified atom stereocenters. The molecule has 1 aromatic carbocycles. The molecule has 1 aliphatic heterocycles. The third-order valence-electron chi connectivity index (χ3n) is 6.92. The monoisotopic (exact) mass is 504 g/mol. The molecule has 0 aromatic heterocycles. The van der Waals surface area contributed by atoms with Crippen LogP contribution in [0.4, 0.5) is 32.0 Å². The summed E-state index contributed by atoms with van der Waals surface area (Å²) in [6, 6.07) is 4.67. The van der Waals surface area contributed by atoms with Gasteiger partial charge < -0.3 is 10.2 Å². The van der Waals surface area contributed by atoms with Gasteiger partial charge in [-0.1, -0.05) is 6.07 Å². The number of hydrogen-bond acceptors (Lipinski definition) is 4. The fraction of sp³-hybridized carbons (Fsp3) is 0.667. The van der Waals surface area contributed by atoms with Crippen molar-refractivity contribution in [1.82, 2.24) is 10.2 Å². The molecule has 0 atom stereocenters. The molecule has 1 saturated heterocycles. The van der Waals surface area contributed by atoms with Gasteiger partial charge in [0.2, 0.25) is 0 Å². The number of amides is 1. The van der Waals surface area contributed by atoms with Gasteiger partial charge in [0.15, 0.2) is 5.82 Å². The smallest absolute Gasteiger partial charge is 0.367 e. The Kier molecular flexibility index (Phi) is 8.91. The van der Waals surface area contributed by atoms with Crippen LogP contribution in [0.25, 0.3) is 0 Å². The number of nitrogens with zero attached hydrogens (tertiary/aromatic N) is 3. The van der Waals surface area contributed by atoms with Crippen molar-refractivity contribution in [3.05, 3.63) is 29.6 Å². The number of rotatable bonds is 8. The number of anilines is 1. The van der Waals surface area contributed by atoms with Gasteiger partial charge in [0.1, 0.15) is 0 Å². The lowest BCUT2D eigenvalue weighted by molar-refractivity contribution is -0.147. The number of alkyl halides is 5. The summed E-state index contributed by atoms with van der Waals surface area (Å²) in [6.45, 7) is 2.87. The van der Waals surface area contributed by atoms with E-state index in [2.05, 4.69) is 10.2 Å². The molecule has 1 saturated carbocycles. The minimum Gasteiger partial charge on any atom is -0.367 e.